The number of esters is 1. The van der Waals surface area contributed by atoms with E-state index < -0.39 is 43.1 Å². The Balaban J connectivity index is 1.78. The smallest absolute Gasteiger partial charge is 0.331 e. The van der Waals surface area contributed by atoms with Crippen molar-refractivity contribution >= 4 is 29.4 Å². The maximum atomic E-state index is 13.2. The van der Waals surface area contributed by atoms with Crippen LogP contribution >= 0.6 is 0 Å². The lowest BCUT2D eigenvalue weighted by Crippen LogP contribution is -2.54. The molecule has 0 saturated heterocycles. The summed E-state index contributed by atoms with van der Waals surface area (Å²) in [5.41, 5.74) is 3.01. The predicted octanol–water partition coefficient (Wildman–Crippen LogP) is 1.70. The van der Waals surface area contributed by atoms with Crippen LogP contribution in [0.25, 0.3) is 11.1 Å². The number of hydrogen-bond donors (Lipinski definition) is 4. The van der Waals surface area contributed by atoms with Gasteiger partial charge in [-0.1, -0.05) is 45.0 Å². The van der Waals surface area contributed by atoms with Crippen molar-refractivity contribution in [3.63, 3.8) is 0 Å². The van der Waals surface area contributed by atoms with Crippen molar-refractivity contribution in [1.29, 1.82) is 0 Å². The van der Waals surface area contributed by atoms with Crippen LogP contribution in [0, 0.1) is 5.41 Å². The van der Waals surface area contributed by atoms with Gasteiger partial charge in [0.15, 0.2) is 6.04 Å². The van der Waals surface area contributed by atoms with Crippen molar-refractivity contribution in [3.05, 3.63) is 53.6 Å². The zero-order chi connectivity index (χ0) is 27.3. The highest BCUT2D eigenvalue weighted by Crippen LogP contribution is 2.34. The van der Waals surface area contributed by atoms with Crippen molar-refractivity contribution in [2.45, 2.75) is 46.3 Å². The van der Waals surface area contributed by atoms with E-state index in [4.69, 9.17) is 4.74 Å². The fourth-order valence-corrected chi connectivity index (χ4v) is 3.97. The van der Waals surface area contributed by atoms with Crippen LogP contribution in [-0.4, -0.2) is 70.7 Å². The largest absolute Gasteiger partial charge is 0.464 e. The summed E-state index contributed by atoms with van der Waals surface area (Å²) in [6.07, 6.45) is 0. The number of aliphatic hydroxyl groups is 2. The summed E-state index contributed by atoms with van der Waals surface area (Å²) < 4.78 is 5.19. The lowest BCUT2D eigenvalue weighted by atomic mass is 9.97. The second-order valence-electron chi connectivity index (χ2n) is 10.1. The zero-order valence-electron chi connectivity index (χ0n) is 21.4. The molecule has 1 aliphatic heterocycles. The number of ether oxygens (including phenoxy) is 1. The number of fused-ring (bicyclic) bond motifs is 1. The van der Waals surface area contributed by atoms with Gasteiger partial charge in [0, 0.05) is 24.7 Å². The summed E-state index contributed by atoms with van der Waals surface area (Å²) >= 11 is 0. The van der Waals surface area contributed by atoms with Crippen molar-refractivity contribution in [2.75, 3.05) is 25.1 Å². The van der Waals surface area contributed by atoms with Crippen LogP contribution in [0.5, 0.6) is 0 Å². The van der Waals surface area contributed by atoms with Crippen LogP contribution in [0.1, 0.15) is 43.6 Å². The van der Waals surface area contributed by atoms with E-state index in [1.807, 2.05) is 39.0 Å². The second kappa shape index (κ2) is 11.5. The first-order chi connectivity index (χ1) is 17.4. The maximum absolute atomic E-state index is 13.2. The lowest BCUT2D eigenvalue weighted by Gasteiger charge is -2.27. The third-order valence-electron chi connectivity index (χ3n) is 5.79. The number of carbonyl (C=O) groups excluding carboxylic acids is 4. The Labute approximate surface area is 215 Å². The van der Waals surface area contributed by atoms with Gasteiger partial charge in [-0.05, 0) is 40.3 Å². The zero-order valence-corrected chi connectivity index (χ0v) is 21.4. The van der Waals surface area contributed by atoms with E-state index in [2.05, 4.69) is 10.6 Å². The van der Waals surface area contributed by atoms with E-state index in [-0.39, 0.29) is 24.5 Å². The molecule has 0 spiro atoms. The molecule has 0 unspecified atom stereocenters. The van der Waals surface area contributed by atoms with Crippen molar-refractivity contribution in [3.8, 4) is 11.1 Å². The number of amides is 3. The van der Waals surface area contributed by atoms with Crippen molar-refractivity contribution in [1.82, 2.24) is 10.2 Å². The number of benzene rings is 2. The number of anilines is 1. The minimum absolute atomic E-state index is 0.0642. The predicted molar refractivity (Wildman–Crippen MR) is 136 cm³/mol. The third-order valence-corrected chi connectivity index (χ3v) is 5.79. The number of hydrogen-bond acceptors (Lipinski definition) is 7. The molecule has 0 aromatic heterocycles. The van der Waals surface area contributed by atoms with Crippen LogP contribution in [0.2, 0.25) is 0 Å². The molecule has 4 N–H and O–H groups in total. The Bertz CT molecular complexity index is 1170. The van der Waals surface area contributed by atoms with E-state index in [1.165, 1.54) is 11.8 Å². The molecule has 0 fully saturated rings. The SMILES string of the molecule is CC(=O)Nc1ccc(-c2cccc3c2CN([C@@H](CO)C(=O)N[C@@H](CO)C(=O)OCC(C)(C)C)C3=O)cc1. The van der Waals surface area contributed by atoms with Crippen LogP contribution in [-0.2, 0) is 25.7 Å². The summed E-state index contributed by atoms with van der Waals surface area (Å²) in [7, 11) is 0. The molecule has 10 heteroatoms. The monoisotopic (exact) mass is 511 g/mol. The lowest BCUT2D eigenvalue weighted by molar-refractivity contribution is -0.152. The Hall–Kier alpha value is -3.76. The highest BCUT2D eigenvalue weighted by molar-refractivity contribution is 6.03. The topological polar surface area (TPSA) is 145 Å². The standard InChI is InChI=1S/C27H33N3O7/c1-16(33)28-18-10-8-17(9-11-18)19-6-5-7-20-21(19)12-30(25(20)35)23(14-32)24(34)29-22(13-31)26(36)37-15-27(2,3)4/h5-11,22-23,31-32H,12-15H2,1-4H3,(H,28,33)(H,29,34)/t22-,23-/m0/s1. The van der Waals surface area contributed by atoms with Crippen LogP contribution < -0.4 is 10.6 Å². The Morgan fingerprint density at radius 2 is 1.68 bits per heavy atom. The minimum atomic E-state index is -1.33. The van der Waals surface area contributed by atoms with Crippen molar-refractivity contribution in [2.24, 2.45) is 5.41 Å². The molecule has 2 aromatic carbocycles. The summed E-state index contributed by atoms with van der Waals surface area (Å²) in [5, 5.41) is 24.7. The summed E-state index contributed by atoms with van der Waals surface area (Å²) in [5.74, 6) is -2.20. The Morgan fingerprint density at radius 1 is 1.03 bits per heavy atom. The van der Waals surface area contributed by atoms with Gasteiger partial charge in [-0.15, -0.1) is 0 Å². The molecule has 0 aliphatic carbocycles. The number of nitrogens with one attached hydrogen (secondary N) is 2. The molecule has 0 radical (unpaired) electrons. The fraction of sp³-hybridized carbons (Fsp3) is 0.407. The molecule has 2 atom stereocenters. The van der Waals surface area contributed by atoms with Gasteiger partial charge < -0.3 is 30.5 Å². The highest BCUT2D eigenvalue weighted by atomic mass is 16.5. The van der Waals surface area contributed by atoms with Gasteiger partial charge in [0.05, 0.1) is 19.8 Å². The quantitative estimate of drug-likeness (QED) is 0.375. The molecule has 1 heterocycles. The minimum Gasteiger partial charge on any atom is -0.464 e. The van der Waals surface area contributed by atoms with E-state index in [0.29, 0.717) is 16.8 Å². The first-order valence-corrected chi connectivity index (χ1v) is 11.9. The molecule has 0 bridgehead atoms. The normalized spacial score (nSPS) is 14.5. The molecule has 10 nitrogen and oxygen atoms in total. The first kappa shape index (κ1) is 27.8. The van der Waals surface area contributed by atoms with Gasteiger partial charge in [0.25, 0.3) is 5.91 Å². The van der Waals surface area contributed by atoms with Gasteiger partial charge in [-0.25, -0.2) is 4.79 Å². The third kappa shape index (κ3) is 6.72. The number of nitrogens with zero attached hydrogens (tertiary/aromatic N) is 1. The van der Waals surface area contributed by atoms with Gasteiger partial charge in [0.1, 0.15) is 6.04 Å². The van der Waals surface area contributed by atoms with Crippen molar-refractivity contribution < 1.29 is 34.1 Å². The molecule has 3 amide bonds. The average molecular weight is 512 g/mol. The van der Waals surface area contributed by atoms with E-state index >= 15 is 0 Å². The second-order valence-corrected chi connectivity index (χ2v) is 10.1. The fourth-order valence-electron chi connectivity index (χ4n) is 3.97. The molecule has 37 heavy (non-hydrogen) atoms. The van der Waals surface area contributed by atoms with Gasteiger partial charge in [0.2, 0.25) is 11.8 Å². The first-order valence-electron chi connectivity index (χ1n) is 11.9. The summed E-state index contributed by atoms with van der Waals surface area (Å²) in [6, 6.07) is 9.77. The summed E-state index contributed by atoms with van der Waals surface area (Å²) in [4.78, 5) is 51.1. The van der Waals surface area contributed by atoms with Gasteiger partial charge >= 0.3 is 5.97 Å². The van der Waals surface area contributed by atoms with Gasteiger partial charge in [-0.2, -0.15) is 0 Å². The van der Waals surface area contributed by atoms with Crippen LogP contribution in [0.4, 0.5) is 5.69 Å². The van der Waals surface area contributed by atoms with Crippen LogP contribution in [0.15, 0.2) is 42.5 Å². The molecular formula is C27H33N3O7. The highest BCUT2D eigenvalue weighted by Gasteiger charge is 2.38. The van der Waals surface area contributed by atoms with Gasteiger partial charge in [-0.3, -0.25) is 14.4 Å². The number of carbonyl (C=O) groups is 4. The molecule has 3 rings (SSSR count). The molecule has 2 aromatic rings. The average Bonchev–Trinajstić information content (AvgIpc) is 3.17. The Kier molecular flexibility index (Phi) is 8.67. The molecule has 1 aliphatic rings. The molecular weight excluding hydrogens is 478 g/mol. The maximum Gasteiger partial charge on any atom is 0.331 e. The molecule has 198 valence electrons. The van der Waals surface area contributed by atoms with Crippen LogP contribution in [0.3, 0.4) is 0 Å². The van der Waals surface area contributed by atoms with E-state index in [0.717, 1.165) is 11.1 Å². The Morgan fingerprint density at radius 3 is 2.24 bits per heavy atom. The van der Waals surface area contributed by atoms with E-state index in [9.17, 15) is 29.4 Å². The van der Waals surface area contributed by atoms with E-state index in [1.54, 1.807) is 24.3 Å². The number of aliphatic hydroxyl groups excluding tert-OH is 2. The summed E-state index contributed by atoms with van der Waals surface area (Å²) in [6.45, 7) is 5.82. The number of rotatable bonds is 9. The molecule has 0 saturated carbocycles.